The summed E-state index contributed by atoms with van der Waals surface area (Å²) < 4.78 is 25.3. The Bertz CT molecular complexity index is 548. The molecule has 1 aliphatic rings. The maximum absolute atomic E-state index is 11.7. The third-order valence-corrected chi connectivity index (χ3v) is 5.48. The van der Waals surface area contributed by atoms with Crippen LogP contribution in [0, 0.1) is 0 Å². The zero-order chi connectivity index (χ0) is 13.3. The summed E-state index contributed by atoms with van der Waals surface area (Å²) in [6, 6.07) is 3.97. The molecule has 2 rings (SSSR count). The number of rotatable bonds is 3. The number of hydrogen-bond donors (Lipinski definition) is 1. The van der Waals surface area contributed by atoms with Crippen molar-refractivity contribution in [1.82, 2.24) is 4.57 Å². The molecule has 1 saturated carbocycles. The maximum Gasteiger partial charge on any atom is 0.150 e. The van der Waals surface area contributed by atoms with Crippen LogP contribution >= 0.6 is 12.2 Å². The highest BCUT2D eigenvalue weighted by Crippen LogP contribution is 2.32. The fraction of sp³-hybridized carbons (Fsp3) is 0.583. The van der Waals surface area contributed by atoms with Crippen LogP contribution in [0.15, 0.2) is 18.3 Å². The molecule has 0 bridgehead atoms. The second-order valence-corrected chi connectivity index (χ2v) is 7.70. The molecular formula is C12H18N2O2S2. The summed E-state index contributed by atoms with van der Waals surface area (Å²) in [5.41, 5.74) is 6.50. The fourth-order valence-corrected chi connectivity index (χ4v) is 4.02. The lowest BCUT2D eigenvalue weighted by Gasteiger charge is -2.30. The van der Waals surface area contributed by atoms with Gasteiger partial charge in [-0.25, -0.2) is 8.42 Å². The second-order valence-electron chi connectivity index (χ2n) is 4.94. The van der Waals surface area contributed by atoms with E-state index in [0.29, 0.717) is 11.4 Å². The summed E-state index contributed by atoms with van der Waals surface area (Å²) in [5.74, 6) is 0. The van der Waals surface area contributed by atoms with E-state index >= 15 is 0 Å². The Kier molecular flexibility index (Phi) is 3.77. The van der Waals surface area contributed by atoms with E-state index in [2.05, 4.69) is 0 Å². The van der Waals surface area contributed by atoms with Crippen LogP contribution in [-0.2, 0) is 9.84 Å². The standard InChI is InChI=1S/C12H18N2O2S2/c1-18(15,16)10-5-2-4-9(8-10)14-7-3-6-11(14)12(13)17/h3,6-7,9-10H,2,4-5,8H2,1H3,(H2,13,17). The number of nitrogens with zero attached hydrogens (tertiary/aromatic N) is 1. The van der Waals surface area contributed by atoms with E-state index in [1.807, 2.05) is 22.9 Å². The molecule has 0 spiro atoms. The molecule has 18 heavy (non-hydrogen) atoms. The summed E-state index contributed by atoms with van der Waals surface area (Å²) in [4.78, 5) is 0.362. The topological polar surface area (TPSA) is 65.1 Å². The van der Waals surface area contributed by atoms with Crippen molar-refractivity contribution in [3.8, 4) is 0 Å². The predicted molar refractivity (Wildman–Crippen MR) is 76.5 cm³/mol. The van der Waals surface area contributed by atoms with E-state index in [9.17, 15) is 8.42 Å². The maximum atomic E-state index is 11.7. The van der Waals surface area contributed by atoms with Gasteiger partial charge in [0.2, 0.25) is 0 Å². The third-order valence-electron chi connectivity index (χ3n) is 3.63. The van der Waals surface area contributed by atoms with Crippen molar-refractivity contribution in [2.24, 2.45) is 5.73 Å². The van der Waals surface area contributed by atoms with Gasteiger partial charge in [0.05, 0.1) is 10.9 Å². The molecule has 1 aliphatic carbocycles. The Labute approximate surface area is 113 Å². The lowest BCUT2D eigenvalue weighted by molar-refractivity contribution is 0.352. The first-order chi connectivity index (χ1) is 8.39. The Balaban J connectivity index is 2.24. The monoisotopic (exact) mass is 286 g/mol. The zero-order valence-electron chi connectivity index (χ0n) is 10.4. The molecule has 0 aliphatic heterocycles. The summed E-state index contributed by atoms with van der Waals surface area (Å²) >= 11 is 5.01. The van der Waals surface area contributed by atoms with Crippen molar-refractivity contribution in [2.75, 3.05) is 6.26 Å². The van der Waals surface area contributed by atoms with Crippen LogP contribution in [0.1, 0.15) is 37.4 Å². The van der Waals surface area contributed by atoms with Gasteiger partial charge in [0, 0.05) is 18.5 Å². The molecule has 100 valence electrons. The largest absolute Gasteiger partial charge is 0.388 e. The summed E-state index contributed by atoms with van der Waals surface area (Å²) in [5, 5.41) is -0.238. The van der Waals surface area contributed by atoms with Crippen LogP contribution in [-0.4, -0.2) is 29.5 Å². The molecule has 2 atom stereocenters. The van der Waals surface area contributed by atoms with Crippen LogP contribution in [0.25, 0.3) is 0 Å². The Hall–Kier alpha value is -0.880. The summed E-state index contributed by atoms with van der Waals surface area (Å²) in [6.45, 7) is 0. The van der Waals surface area contributed by atoms with Crippen LogP contribution in [0.2, 0.25) is 0 Å². The van der Waals surface area contributed by atoms with Gasteiger partial charge in [0.15, 0.2) is 0 Å². The first-order valence-electron chi connectivity index (χ1n) is 6.05. The van der Waals surface area contributed by atoms with E-state index in [0.717, 1.165) is 25.0 Å². The Morgan fingerprint density at radius 1 is 1.50 bits per heavy atom. The van der Waals surface area contributed by atoms with Crippen LogP contribution in [0.4, 0.5) is 0 Å². The van der Waals surface area contributed by atoms with Gasteiger partial charge in [-0.2, -0.15) is 0 Å². The minimum atomic E-state index is -2.96. The Morgan fingerprint density at radius 2 is 2.22 bits per heavy atom. The number of nitrogens with two attached hydrogens (primary N) is 1. The Morgan fingerprint density at radius 3 is 2.83 bits per heavy atom. The van der Waals surface area contributed by atoms with Gasteiger partial charge in [0.25, 0.3) is 0 Å². The van der Waals surface area contributed by atoms with Crippen molar-refractivity contribution < 1.29 is 8.42 Å². The molecule has 2 N–H and O–H groups in total. The van der Waals surface area contributed by atoms with Crippen LogP contribution < -0.4 is 5.73 Å². The predicted octanol–water partition coefficient (Wildman–Crippen LogP) is 1.65. The smallest absolute Gasteiger partial charge is 0.150 e. The van der Waals surface area contributed by atoms with Gasteiger partial charge in [-0.05, 0) is 31.4 Å². The molecule has 0 aromatic carbocycles. The summed E-state index contributed by atoms with van der Waals surface area (Å²) in [6.07, 6.45) is 6.59. The average Bonchev–Trinajstić information content (AvgIpc) is 2.77. The molecule has 0 radical (unpaired) electrons. The number of sulfone groups is 1. The quantitative estimate of drug-likeness (QED) is 0.858. The van der Waals surface area contributed by atoms with Crippen LogP contribution in [0.3, 0.4) is 0 Å². The van der Waals surface area contributed by atoms with Gasteiger partial charge in [-0.1, -0.05) is 18.6 Å². The first kappa shape index (κ1) is 13.5. The molecular weight excluding hydrogens is 268 g/mol. The van der Waals surface area contributed by atoms with E-state index in [1.165, 1.54) is 6.26 Å². The highest BCUT2D eigenvalue weighted by Gasteiger charge is 2.30. The highest BCUT2D eigenvalue weighted by atomic mass is 32.2. The lowest BCUT2D eigenvalue weighted by atomic mass is 9.94. The van der Waals surface area contributed by atoms with Gasteiger partial charge in [0.1, 0.15) is 14.8 Å². The fourth-order valence-electron chi connectivity index (χ4n) is 2.68. The molecule has 6 heteroatoms. The van der Waals surface area contributed by atoms with Gasteiger partial charge >= 0.3 is 0 Å². The third kappa shape index (κ3) is 2.75. The zero-order valence-corrected chi connectivity index (χ0v) is 12.0. The van der Waals surface area contributed by atoms with Gasteiger partial charge < -0.3 is 10.3 Å². The molecule has 1 aromatic rings. The molecule has 0 saturated heterocycles. The molecule has 1 heterocycles. The number of aromatic nitrogens is 1. The molecule has 1 aromatic heterocycles. The van der Waals surface area contributed by atoms with Crippen molar-refractivity contribution in [2.45, 2.75) is 37.0 Å². The van der Waals surface area contributed by atoms with Crippen molar-refractivity contribution in [1.29, 1.82) is 0 Å². The highest BCUT2D eigenvalue weighted by molar-refractivity contribution is 7.91. The minimum absolute atomic E-state index is 0.185. The summed E-state index contributed by atoms with van der Waals surface area (Å²) in [7, 11) is -2.96. The minimum Gasteiger partial charge on any atom is -0.388 e. The first-order valence-corrected chi connectivity index (χ1v) is 8.41. The van der Waals surface area contributed by atoms with Gasteiger partial charge in [-0.15, -0.1) is 0 Å². The number of thiocarbonyl (C=S) groups is 1. The lowest BCUT2D eigenvalue weighted by Crippen LogP contribution is -2.30. The second kappa shape index (κ2) is 5.01. The van der Waals surface area contributed by atoms with Crippen molar-refractivity contribution in [3.63, 3.8) is 0 Å². The van der Waals surface area contributed by atoms with E-state index in [1.54, 1.807) is 0 Å². The van der Waals surface area contributed by atoms with E-state index < -0.39 is 9.84 Å². The van der Waals surface area contributed by atoms with E-state index in [-0.39, 0.29) is 11.3 Å². The molecule has 2 unspecified atom stereocenters. The molecule has 4 nitrogen and oxygen atoms in total. The average molecular weight is 286 g/mol. The van der Waals surface area contributed by atoms with E-state index in [4.69, 9.17) is 18.0 Å². The van der Waals surface area contributed by atoms with Crippen LogP contribution in [0.5, 0.6) is 0 Å². The van der Waals surface area contributed by atoms with Crippen molar-refractivity contribution >= 4 is 27.0 Å². The van der Waals surface area contributed by atoms with Crippen molar-refractivity contribution in [3.05, 3.63) is 24.0 Å². The molecule has 1 fully saturated rings. The molecule has 0 amide bonds. The SMILES string of the molecule is CS(=O)(=O)C1CCCC(n2cccc2C(N)=S)C1. The van der Waals surface area contributed by atoms with Gasteiger partial charge in [-0.3, -0.25) is 0 Å². The number of hydrogen-bond acceptors (Lipinski definition) is 3. The normalized spacial score (nSPS) is 24.9.